The van der Waals surface area contributed by atoms with Crippen LogP contribution in [-0.2, 0) is 0 Å². The summed E-state index contributed by atoms with van der Waals surface area (Å²) in [5.41, 5.74) is 0.662. The minimum Gasteiger partial charge on any atom is -0.493 e. The Bertz CT molecular complexity index is 473. The third-order valence-electron chi connectivity index (χ3n) is 3.73. The second kappa shape index (κ2) is 7.46. The summed E-state index contributed by atoms with van der Waals surface area (Å²) in [6.45, 7) is 6.41. The monoisotopic (exact) mass is 291 g/mol. The quantitative estimate of drug-likeness (QED) is 0.907. The lowest BCUT2D eigenvalue weighted by molar-refractivity contribution is 0.0620. The van der Waals surface area contributed by atoms with Crippen LogP contribution in [0.4, 0.5) is 0 Å². The smallest absolute Gasteiger partial charge is 0.253 e. The number of amides is 1. The number of rotatable bonds is 5. The third-order valence-corrected chi connectivity index (χ3v) is 3.73. The molecule has 2 rings (SSSR count). The molecule has 1 atom stereocenters. The number of aliphatic hydroxyl groups excluding tert-OH is 1. The Morgan fingerprint density at radius 1 is 1.48 bits per heavy atom. The number of nitrogens with zero attached hydrogens (tertiary/aromatic N) is 1. The van der Waals surface area contributed by atoms with Crippen molar-refractivity contribution in [1.29, 1.82) is 0 Å². The van der Waals surface area contributed by atoms with Crippen molar-refractivity contribution in [3.05, 3.63) is 29.8 Å². The highest BCUT2D eigenvalue weighted by Gasteiger charge is 2.24. The molecular weight excluding hydrogens is 266 g/mol. The Morgan fingerprint density at radius 2 is 2.29 bits per heavy atom. The SMILES string of the molecule is CC(C)COc1cccc(C(=O)N2CCCC(CO)C2)c1. The average Bonchev–Trinajstić information content (AvgIpc) is 2.52. The van der Waals surface area contributed by atoms with Crippen molar-refractivity contribution in [2.24, 2.45) is 11.8 Å². The first-order valence-corrected chi connectivity index (χ1v) is 7.73. The van der Waals surface area contributed by atoms with Gasteiger partial charge in [-0.25, -0.2) is 0 Å². The van der Waals surface area contributed by atoms with Crippen LogP contribution in [0.3, 0.4) is 0 Å². The lowest BCUT2D eigenvalue weighted by atomic mass is 9.98. The van der Waals surface area contributed by atoms with Crippen molar-refractivity contribution in [2.75, 3.05) is 26.3 Å². The van der Waals surface area contributed by atoms with Gasteiger partial charge in [0.25, 0.3) is 5.91 Å². The number of hydrogen-bond donors (Lipinski definition) is 1. The van der Waals surface area contributed by atoms with Gasteiger partial charge in [-0.1, -0.05) is 19.9 Å². The average molecular weight is 291 g/mol. The molecule has 0 radical (unpaired) electrons. The molecule has 1 aromatic carbocycles. The lowest BCUT2D eigenvalue weighted by Gasteiger charge is -2.32. The van der Waals surface area contributed by atoms with Gasteiger partial charge in [0, 0.05) is 25.3 Å². The fraction of sp³-hybridized carbons (Fsp3) is 0.588. The van der Waals surface area contributed by atoms with Crippen LogP contribution >= 0.6 is 0 Å². The molecule has 1 aliphatic heterocycles. The van der Waals surface area contributed by atoms with Crippen LogP contribution in [0.15, 0.2) is 24.3 Å². The second-order valence-electron chi connectivity index (χ2n) is 6.17. The van der Waals surface area contributed by atoms with Crippen LogP contribution in [0.2, 0.25) is 0 Å². The minimum absolute atomic E-state index is 0.0307. The maximum absolute atomic E-state index is 12.5. The van der Waals surface area contributed by atoms with Crippen molar-refractivity contribution >= 4 is 5.91 Å². The van der Waals surface area contributed by atoms with Gasteiger partial charge in [0.05, 0.1) is 6.61 Å². The van der Waals surface area contributed by atoms with Crippen LogP contribution in [-0.4, -0.2) is 42.2 Å². The zero-order valence-corrected chi connectivity index (χ0v) is 12.9. The Labute approximate surface area is 126 Å². The standard InChI is InChI=1S/C17H25NO3/c1-13(2)12-21-16-7-3-6-15(9-16)17(20)18-8-4-5-14(10-18)11-19/h3,6-7,9,13-14,19H,4-5,8,10-12H2,1-2H3. The fourth-order valence-corrected chi connectivity index (χ4v) is 2.56. The molecule has 4 heteroatoms. The van der Waals surface area contributed by atoms with E-state index in [4.69, 9.17) is 4.74 Å². The first-order chi connectivity index (χ1) is 10.1. The summed E-state index contributed by atoms with van der Waals surface area (Å²) in [5.74, 6) is 1.44. The molecule has 0 spiro atoms. The number of likely N-dealkylation sites (tertiary alicyclic amines) is 1. The molecule has 1 N–H and O–H groups in total. The zero-order valence-electron chi connectivity index (χ0n) is 12.9. The number of hydrogen-bond acceptors (Lipinski definition) is 3. The summed E-state index contributed by atoms with van der Waals surface area (Å²) >= 11 is 0. The molecule has 4 nitrogen and oxygen atoms in total. The summed E-state index contributed by atoms with van der Waals surface area (Å²) in [6, 6.07) is 7.38. The van der Waals surface area contributed by atoms with E-state index < -0.39 is 0 Å². The van der Waals surface area contributed by atoms with Gasteiger partial charge in [0.1, 0.15) is 5.75 Å². The van der Waals surface area contributed by atoms with E-state index >= 15 is 0 Å². The summed E-state index contributed by atoms with van der Waals surface area (Å²) in [6.07, 6.45) is 1.96. The van der Waals surface area contributed by atoms with E-state index in [2.05, 4.69) is 13.8 Å². The van der Waals surface area contributed by atoms with Gasteiger partial charge in [0.15, 0.2) is 0 Å². The number of carbonyl (C=O) groups excluding carboxylic acids is 1. The highest BCUT2D eigenvalue weighted by Crippen LogP contribution is 2.20. The number of aliphatic hydroxyl groups is 1. The van der Waals surface area contributed by atoms with Gasteiger partial charge in [0.2, 0.25) is 0 Å². The summed E-state index contributed by atoms with van der Waals surface area (Å²) < 4.78 is 5.68. The summed E-state index contributed by atoms with van der Waals surface area (Å²) in [4.78, 5) is 14.4. The van der Waals surface area contributed by atoms with Gasteiger partial charge in [-0.05, 0) is 42.9 Å². The lowest BCUT2D eigenvalue weighted by Crippen LogP contribution is -2.40. The normalized spacial score (nSPS) is 18.9. The number of piperidine rings is 1. The topological polar surface area (TPSA) is 49.8 Å². The van der Waals surface area contributed by atoms with Crippen LogP contribution in [0, 0.1) is 11.8 Å². The predicted octanol–water partition coefficient (Wildman–Crippen LogP) is 2.57. The molecular formula is C17H25NO3. The number of benzene rings is 1. The Kier molecular flexibility index (Phi) is 5.62. The van der Waals surface area contributed by atoms with Crippen molar-refractivity contribution in [2.45, 2.75) is 26.7 Å². The number of carbonyl (C=O) groups is 1. The Balaban J connectivity index is 2.03. The molecule has 1 unspecified atom stereocenters. The first-order valence-electron chi connectivity index (χ1n) is 7.73. The molecule has 21 heavy (non-hydrogen) atoms. The van der Waals surface area contributed by atoms with Gasteiger partial charge in [-0.3, -0.25) is 4.79 Å². The van der Waals surface area contributed by atoms with Gasteiger partial charge in [-0.15, -0.1) is 0 Å². The molecule has 1 aliphatic rings. The fourth-order valence-electron chi connectivity index (χ4n) is 2.56. The zero-order chi connectivity index (χ0) is 15.2. The van der Waals surface area contributed by atoms with Crippen LogP contribution < -0.4 is 4.74 Å². The molecule has 1 aromatic rings. The van der Waals surface area contributed by atoms with E-state index in [1.54, 1.807) is 0 Å². The van der Waals surface area contributed by atoms with Gasteiger partial charge >= 0.3 is 0 Å². The van der Waals surface area contributed by atoms with Gasteiger partial charge in [-0.2, -0.15) is 0 Å². The minimum atomic E-state index is 0.0307. The van der Waals surface area contributed by atoms with Crippen molar-refractivity contribution in [3.8, 4) is 5.75 Å². The van der Waals surface area contributed by atoms with Crippen LogP contribution in [0.25, 0.3) is 0 Å². The number of ether oxygens (including phenoxy) is 1. The van der Waals surface area contributed by atoms with Crippen molar-refractivity contribution in [1.82, 2.24) is 4.90 Å². The summed E-state index contributed by atoms with van der Waals surface area (Å²) in [5, 5.41) is 9.27. The van der Waals surface area contributed by atoms with Crippen LogP contribution in [0.1, 0.15) is 37.0 Å². The highest BCUT2D eigenvalue weighted by molar-refractivity contribution is 5.94. The molecule has 1 amide bonds. The highest BCUT2D eigenvalue weighted by atomic mass is 16.5. The molecule has 0 bridgehead atoms. The molecule has 0 aromatic heterocycles. The van der Waals surface area contributed by atoms with Gasteiger partial charge < -0.3 is 14.7 Å². The molecule has 0 saturated carbocycles. The van der Waals surface area contributed by atoms with E-state index in [9.17, 15) is 9.90 Å². The largest absolute Gasteiger partial charge is 0.493 e. The molecule has 1 fully saturated rings. The molecule has 0 aliphatic carbocycles. The Hall–Kier alpha value is -1.55. The van der Waals surface area contributed by atoms with E-state index in [0.717, 1.165) is 25.1 Å². The van der Waals surface area contributed by atoms with Crippen molar-refractivity contribution < 1.29 is 14.6 Å². The van der Waals surface area contributed by atoms with E-state index in [-0.39, 0.29) is 18.4 Å². The summed E-state index contributed by atoms with van der Waals surface area (Å²) in [7, 11) is 0. The first kappa shape index (κ1) is 15.8. The maximum Gasteiger partial charge on any atom is 0.253 e. The van der Waals surface area contributed by atoms with E-state index in [1.807, 2.05) is 29.2 Å². The molecule has 1 heterocycles. The maximum atomic E-state index is 12.5. The second-order valence-corrected chi connectivity index (χ2v) is 6.17. The van der Waals surface area contributed by atoms with Crippen molar-refractivity contribution in [3.63, 3.8) is 0 Å². The molecule has 116 valence electrons. The Morgan fingerprint density at radius 3 is 3.00 bits per heavy atom. The molecule has 1 saturated heterocycles. The van der Waals surface area contributed by atoms with E-state index in [1.165, 1.54) is 0 Å². The van der Waals surface area contributed by atoms with E-state index in [0.29, 0.717) is 24.6 Å². The predicted molar refractivity (Wildman–Crippen MR) is 82.5 cm³/mol. The van der Waals surface area contributed by atoms with Crippen LogP contribution in [0.5, 0.6) is 5.75 Å². The third kappa shape index (κ3) is 4.46.